The summed E-state index contributed by atoms with van der Waals surface area (Å²) in [6.07, 6.45) is -6.09. The van der Waals surface area contributed by atoms with E-state index in [9.17, 15) is 50.2 Å². The smallest absolute Gasteiger partial charge is 0.419 e. The maximum absolute atomic E-state index is 13.8. The van der Waals surface area contributed by atoms with E-state index >= 15 is 0 Å². The summed E-state index contributed by atoms with van der Waals surface area (Å²) in [7, 11) is 1.30. The molecule has 1 heterocycles. The van der Waals surface area contributed by atoms with Crippen LogP contribution in [0.25, 0.3) is 6.08 Å². The van der Waals surface area contributed by atoms with Gasteiger partial charge >= 0.3 is 12.4 Å². The molecule has 3 aliphatic rings. The van der Waals surface area contributed by atoms with Crippen LogP contribution in [0.4, 0.5) is 36.4 Å². The summed E-state index contributed by atoms with van der Waals surface area (Å²) in [5.41, 5.74) is -1.77. The number of nitrogens with zero attached hydrogens (tertiary/aromatic N) is 1. The zero-order valence-electron chi connectivity index (χ0n) is 25.5. The molecule has 2 aromatic carbocycles. The Kier molecular flexibility index (Phi) is 9.90. The van der Waals surface area contributed by atoms with E-state index in [1.165, 1.54) is 31.4 Å². The fourth-order valence-electron chi connectivity index (χ4n) is 6.82. The summed E-state index contributed by atoms with van der Waals surface area (Å²) < 4.78 is 99.7. The predicted molar refractivity (Wildman–Crippen MR) is 159 cm³/mol. The van der Waals surface area contributed by atoms with Gasteiger partial charge < -0.3 is 25.4 Å². The third kappa shape index (κ3) is 7.66. The quantitative estimate of drug-likeness (QED) is 0.196. The molecule has 3 amide bonds. The van der Waals surface area contributed by atoms with E-state index in [-0.39, 0.29) is 41.7 Å². The Morgan fingerprint density at radius 1 is 0.958 bits per heavy atom. The number of benzene rings is 2. The van der Waals surface area contributed by atoms with Gasteiger partial charge in [0, 0.05) is 42.9 Å². The van der Waals surface area contributed by atoms with Crippen molar-refractivity contribution in [2.45, 2.75) is 50.2 Å². The van der Waals surface area contributed by atoms with Crippen molar-refractivity contribution < 1.29 is 55.0 Å². The average Bonchev–Trinajstić information content (AvgIpc) is 3.53. The summed E-state index contributed by atoms with van der Waals surface area (Å²) in [6.45, 7) is 0.767. The van der Waals surface area contributed by atoms with Crippen molar-refractivity contribution in [2.75, 3.05) is 25.5 Å². The fourth-order valence-corrected chi connectivity index (χ4v) is 6.82. The second kappa shape index (κ2) is 13.6. The Morgan fingerprint density at radius 3 is 2.29 bits per heavy atom. The number of likely N-dealkylation sites (tertiary alicyclic amines) is 1. The van der Waals surface area contributed by atoms with Crippen LogP contribution in [0.2, 0.25) is 0 Å². The first-order valence-corrected chi connectivity index (χ1v) is 15.2. The van der Waals surface area contributed by atoms with E-state index in [0.717, 1.165) is 6.07 Å². The molecule has 2 unspecified atom stereocenters. The van der Waals surface area contributed by atoms with Gasteiger partial charge in [0.15, 0.2) is 0 Å². The van der Waals surface area contributed by atoms with Crippen LogP contribution in [0, 0.1) is 23.6 Å². The number of halogens is 7. The fraction of sp³-hybridized carbons (Fsp3) is 0.424. The van der Waals surface area contributed by atoms with Crippen LogP contribution in [0.1, 0.15) is 47.2 Å². The lowest BCUT2D eigenvalue weighted by molar-refractivity contribution is -0.140. The highest BCUT2D eigenvalue weighted by Crippen LogP contribution is 2.54. The van der Waals surface area contributed by atoms with Crippen LogP contribution >= 0.6 is 0 Å². The zero-order chi connectivity index (χ0) is 35.0. The number of amides is 3. The molecule has 2 aromatic rings. The van der Waals surface area contributed by atoms with Crippen molar-refractivity contribution in [3.05, 3.63) is 76.6 Å². The van der Waals surface area contributed by atoms with Gasteiger partial charge in [-0.1, -0.05) is 11.6 Å². The number of aliphatic hydroxyl groups is 1. The first kappa shape index (κ1) is 34.9. The molecule has 3 N–H and O–H groups in total. The number of hydrogen-bond acceptors (Lipinski definition) is 5. The Bertz CT molecular complexity index is 1630. The Morgan fingerprint density at radius 2 is 1.65 bits per heavy atom. The first-order chi connectivity index (χ1) is 22.6. The molecule has 0 aromatic heterocycles. The number of rotatable bonds is 7. The van der Waals surface area contributed by atoms with Crippen molar-refractivity contribution >= 4 is 29.5 Å². The summed E-state index contributed by atoms with van der Waals surface area (Å²) >= 11 is 0. The van der Waals surface area contributed by atoms with Gasteiger partial charge in [0.05, 0.1) is 30.3 Å². The standard InChI is InChI=1S/C33H32F7N3O5/c1-48-26-8-2-17(3-9-27(45)43-12-10-19(44)11-13-43)14-22(26)30(46)42-29-21-6-5-20(23(21)16-32(35,36)37)28(29)31(47)41-18-4-7-25(34)24(15-18)33(38,39)40/h2-4,7-9,14-16,19-21,28-29,44H,5-6,10-13H2,1H3,(H,41,47)(H,42,46)/b9-3+,23-16?/t20?,21?,28-,29+/m0/s1. The van der Waals surface area contributed by atoms with Crippen LogP contribution in [-0.2, 0) is 15.8 Å². The van der Waals surface area contributed by atoms with Gasteiger partial charge in [-0.3, -0.25) is 14.4 Å². The predicted octanol–water partition coefficient (Wildman–Crippen LogP) is 5.73. The van der Waals surface area contributed by atoms with E-state index < -0.39 is 71.1 Å². The minimum atomic E-state index is -5.07. The Hall–Kier alpha value is -4.40. The molecule has 48 heavy (non-hydrogen) atoms. The number of hydrogen-bond donors (Lipinski definition) is 3. The van der Waals surface area contributed by atoms with E-state index in [4.69, 9.17) is 4.74 Å². The second-order valence-corrected chi connectivity index (χ2v) is 12.0. The minimum Gasteiger partial charge on any atom is -0.496 e. The Balaban J connectivity index is 1.41. The van der Waals surface area contributed by atoms with Gasteiger partial charge in [-0.15, -0.1) is 0 Å². The number of allylic oxidation sites excluding steroid dienone is 1. The number of carbonyl (C=O) groups is 3. The van der Waals surface area contributed by atoms with Crippen LogP contribution in [0.15, 0.2) is 54.1 Å². The molecule has 8 nitrogen and oxygen atoms in total. The maximum Gasteiger partial charge on any atom is 0.419 e. The van der Waals surface area contributed by atoms with Crippen LogP contribution < -0.4 is 15.4 Å². The largest absolute Gasteiger partial charge is 0.496 e. The van der Waals surface area contributed by atoms with Crippen molar-refractivity contribution in [2.24, 2.45) is 17.8 Å². The molecule has 5 rings (SSSR count). The number of alkyl halides is 6. The summed E-state index contributed by atoms with van der Waals surface area (Å²) in [4.78, 5) is 41.4. The molecule has 15 heteroatoms. The van der Waals surface area contributed by atoms with Crippen molar-refractivity contribution in [1.29, 1.82) is 0 Å². The lowest BCUT2D eigenvalue weighted by atomic mass is 9.83. The number of nitrogens with one attached hydrogen (secondary N) is 2. The second-order valence-electron chi connectivity index (χ2n) is 12.0. The van der Waals surface area contributed by atoms with Crippen molar-refractivity contribution in [3.8, 4) is 5.75 Å². The Labute approximate surface area is 270 Å². The molecule has 0 radical (unpaired) electrons. The molecule has 2 aliphatic carbocycles. The van der Waals surface area contributed by atoms with Gasteiger partial charge in [0.2, 0.25) is 11.8 Å². The maximum atomic E-state index is 13.8. The van der Waals surface area contributed by atoms with E-state index in [2.05, 4.69) is 10.6 Å². The molecule has 2 saturated carbocycles. The monoisotopic (exact) mass is 683 g/mol. The molecule has 1 saturated heterocycles. The normalized spacial score (nSPS) is 23.9. The molecule has 258 valence electrons. The third-order valence-electron chi connectivity index (χ3n) is 9.03. The molecular weight excluding hydrogens is 651 g/mol. The van der Waals surface area contributed by atoms with E-state index in [1.807, 2.05) is 0 Å². The van der Waals surface area contributed by atoms with Gasteiger partial charge in [-0.2, -0.15) is 26.3 Å². The van der Waals surface area contributed by atoms with Crippen LogP contribution in [0.3, 0.4) is 0 Å². The van der Waals surface area contributed by atoms with Crippen molar-refractivity contribution in [1.82, 2.24) is 10.2 Å². The van der Waals surface area contributed by atoms with Crippen LogP contribution in [0.5, 0.6) is 5.75 Å². The highest BCUT2D eigenvalue weighted by molar-refractivity contribution is 6.00. The first-order valence-electron chi connectivity index (χ1n) is 15.2. The molecular formula is C33H32F7N3O5. The minimum absolute atomic E-state index is 0.0372. The van der Waals surface area contributed by atoms with Crippen molar-refractivity contribution in [3.63, 3.8) is 0 Å². The summed E-state index contributed by atoms with van der Waals surface area (Å²) in [5, 5.41) is 14.6. The number of ether oxygens (including phenoxy) is 1. The highest BCUT2D eigenvalue weighted by Gasteiger charge is 2.55. The number of aliphatic hydroxyl groups excluding tert-OH is 1. The zero-order valence-corrected chi connectivity index (χ0v) is 25.5. The van der Waals surface area contributed by atoms with Crippen LogP contribution in [-0.4, -0.2) is 66.2 Å². The van der Waals surface area contributed by atoms with Gasteiger partial charge in [-0.05, 0) is 73.6 Å². The number of anilines is 1. The number of methoxy groups -OCH3 is 1. The van der Waals surface area contributed by atoms with Gasteiger partial charge in [-0.25, -0.2) is 4.39 Å². The lowest BCUT2D eigenvalue weighted by Gasteiger charge is -2.30. The lowest BCUT2D eigenvalue weighted by Crippen LogP contribution is -2.48. The molecule has 0 spiro atoms. The number of piperidine rings is 1. The number of fused-ring (bicyclic) bond motifs is 2. The molecule has 2 bridgehead atoms. The molecule has 1 aliphatic heterocycles. The molecule has 3 fully saturated rings. The molecule has 4 atom stereocenters. The van der Waals surface area contributed by atoms with E-state index in [0.29, 0.717) is 43.6 Å². The van der Waals surface area contributed by atoms with Gasteiger partial charge in [0.1, 0.15) is 11.6 Å². The number of carbonyl (C=O) groups excluding carboxylic acids is 3. The third-order valence-corrected chi connectivity index (χ3v) is 9.03. The summed E-state index contributed by atoms with van der Waals surface area (Å²) in [5.74, 6) is -6.66. The summed E-state index contributed by atoms with van der Waals surface area (Å²) in [6, 6.07) is 5.09. The van der Waals surface area contributed by atoms with E-state index in [1.54, 1.807) is 11.0 Å². The highest BCUT2D eigenvalue weighted by atomic mass is 19.4. The average molecular weight is 684 g/mol. The SMILES string of the molecule is COc1ccc(/C=C/C(=O)N2CCC(O)CC2)cc1C(=O)N[C@@H]1C2CCC(C2=CC(F)(F)F)[C@@H]1C(=O)Nc1ccc(F)c(C(F)(F)F)c1. The van der Waals surface area contributed by atoms with Gasteiger partial charge in [0.25, 0.3) is 5.91 Å². The topological polar surface area (TPSA) is 108 Å².